The first-order valence-electron chi connectivity index (χ1n) is 10.7. The Hall–Kier alpha value is -2.40. The molecule has 2 aliphatic heterocycles. The van der Waals surface area contributed by atoms with Gasteiger partial charge in [-0.2, -0.15) is 4.31 Å². The number of hydrogen-bond acceptors (Lipinski definition) is 6. The lowest BCUT2D eigenvalue weighted by Gasteiger charge is -2.26. The maximum Gasteiger partial charge on any atom is 0.243 e. The molecule has 0 unspecified atom stereocenters. The lowest BCUT2D eigenvalue weighted by atomic mass is 10.1. The van der Waals surface area contributed by atoms with Crippen LogP contribution in [0.4, 0.5) is 5.69 Å². The van der Waals surface area contributed by atoms with E-state index in [2.05, 4.69) is 5.32 Å². The van der Waals surface area contributed by atoms with Gasteiger partial charge in [0.25, 0.3) is 0 Å². The second-order valence-corrected chi connectivity index (χ2v) is 10.8. The van der Waals surface area contributed by atoms with Crippen LogP contribution in [-0.2, 0) is 37.3 Å². The average molecular weight is 490 g/mol. The molecule has 176 valence electrons. The highest BCUT2D eigenvalue weighted by Gasteiger charge is 2.38. The molecule has 2 aromatic rings. The van der Waals surface area contributed by atoms with Gasteiger partial charge in [-0.1, -0.05) is 12.1 Å². The number of sulfonamides is 1. The van der Waals surface area contributed by atoms with Crippen LogP contribution in [0.2, 0.25) is 0 Å². The molecule has 2 heterocycles. The fourth-order valence-corrected chi connectivity index (χ4v) is 6.04. The first kappa shape index (κ1) is 23.7. The van der Waals surface area contributed by atoms with Gasteiger partial charge in [-0.3, -0.25) is 14.5 Å². The molecule has 2 aliphatic rings. The van der Waals surface area contributed by atoms with Crippen molar-refractivity contribution in [1.29, 1.82) is 0 Å². The minimum absolute atomic E-state index is 0.168. The molecule has 0 bridgehead atoms. The van der Waals surface area contributed by atoms with Gasteiger partial charge in [-0.15, -0.1) is 11.8 Å². The summed E-state index contributed by atoms with van der Waals surface area (Å²) in [5.41, 5.74) is 2.21. The van der Waals surface area contributed by atoms with Crippen molar-refractivity contribution in [2.24, 2.45) is 0 Å². The van der Waals surface area contributed by atoms with Crippen molar-refractivity contribution in [2.75, 3.05) is 37.5 Å². The monoisotopic (exact) mass is 489 g/mol. The van der Waals surface area contributed by atoms with Gasteiger partial charge in [0.15, 0.2) is 0 Å². The number of amides is 2. The van der Waals surface area contributed by atoms with E-state index >= 15 is 0 Å². The topological polar surface area (TPSA) is 96.0 Å². The van der Waals surface area contributed by atoms with Gasteiger partial charge in [0.1, 0.15) is 6.04 Å². The highest BCUT2D eigenvalue weighted by atomic mass is 32.2. The normalized spacial score (nSPS) is 18.7. The van der Waals surface area contributed by atoms with Crippen LogP contribution >= 0.6 is 11.8 Å². The molecule has 0 spiro atoms. The zero-order chi connectivity index (χ0) is 23.6. The number of carbonyl (C=O) groups is 2. The molecule has 1 N–H and O–H groups in total. The minimum Gasteiger partial charge on any atom is -0.379 e. The van der Waals surface area contributed by atoms with Crippen molar-refractivity contribution in [3.8, 4) is 0 Å². The Morgan fingerprint density at radius 2 is 1.82 bits per heavy atom. The Bertz CT molecular complexity index is 1150. The van der Waals surface area contributed by atoms with Crippen LogP contribution in [-0.4, -0.2) is 63.1 Å². The second-order valence-electron chi connectivity index (χ2n) is 7.98. The van der Waals surface area contributed by atoms with E-state index < -0.39 is 16.1 Å². The van der Waals surface area contributed by atoms with Crippen molar-refractivity contribution in [1.82, 2.24) is 9.62 Å². The van der Waals surface area contributed by atoms with Crippen LogP contribution in [0, 0.1) is 0 Å². The molecule has 1 saturated heterocycles. The third kappa shape index (κ3) is 4.93. The van der Waals surface area contributed by atoms with E-state index in [-0.39, 0.29) is 23.1 Å². The van der Waals surface area contributed by atoms with Crippen LogP contribution in [0.1, 0.15) is 18.1 Å². The van der Waals surface area contributed by atoms with Crippen LogP contribution in [0.5, 0.6) is 0 Å². The molecule has 8 nitrogen and oxygen atoms in total. The van der Waals surface area contributed by atoms with Gasteiger partial charge in [0.2, 0.25) is 21.8 Å². The number of hydrogen-bond donors (Lipinski definition) is 1. The Morgan fingerprint density at radius 1 is 1.12 bits per heavy atom. The Morgan fingerprint density at radius 3 is 2.45 bits per heavy atom. The Labute approximate surface area is 198 Å². The predicted octanol–water partition coefficient (Wildman–Crippen LogP) is 2.02. The number of nitrogens with one attached hydrogen (secondary N) is 1. The molecule has 2 aromatic carbocycles. The summed E-state index contributed by atoms with van der Waals surface area (Å²) in [6.07, 6.45) is 2.27. The number of ether oxygens (including phenoxy) is 1. The number of morpholine rings is 1. The molecule has 1 fully saturated rings. The predicted molar refractivity (Wildman–Crippen MR) is 127 cm³/mol. The number of nitrogens with zero attached hydrogens (tertiary/aromatic N) is 2. The first-order chi connectivity index (χ1) is 15.8. The summed E-state index contributed by atoms with van der Waals surface area (Å²) in [6.45, 7) is 3.11. The molecule has 0 radical (unpaired) electrons. The van der Waals surface area contributed by atoms with E-state index in [0.29, 0.717) is 44.1 Å². The fourth-order valence-electron chi connectivity index (χ4n) is 4.17. The maximum absolute atomic E-state index is 13.0. The van der Waals surface area contributed by atoms with Gasteiger partial charge < -0.3 is 10.1 Å². The van der Waals surface area contributed by atoms with Gasteiger partial charge in [-0.05, 0) is 47.7 Å². The zero-order valence-corrected chi connectivity index (χ0v) is 20.2. The average Bonchev–Trinajstić information content (AvgIpc) is 3.22. The van der Waals surface area contributed by atoms with E-state index in [1.165, 1.54) is 22.2 Å². The van der Waals surface area contributed by atoms with E-state index in [1.54, 1.807) is 23.9 Å². The SMILES string of the molecule is CSc1ccc(CNC(=O)[C@H]2Cc3cc(S(=O)(=O)N4CCOCC4)ccc3N2C(C)=O)cc1. The molecular weight excluding hydrogens is 462 g/mol. The molecule has 33 heavy (non-hydrogen) atoms. The summed E-state index contributed by atoms with van der Waals surface area (Å²) in [4.78, 5) is 28.2. The van der Waals surface area contributed by atoms with E-state index in [1.807, 2.05) is 30.5 Å². The van der Waals surface area contributed by atoms with Crippen LogP contribution in [0.3, 0.4) is 0 Å². The van der Waals surface area contributed by atoms with Gasteiger partial charge in [-0.25, -0.2) is 8.42 Å². The smallest absolute Gasteiger partial charge is 0.243 e. The molecule has 0 aromatic heterocycles. The minimum atomic E-state index is -3.66. The van der Waals surface area contributed by atoms with Crippen molar-refractivity contribution < 1.29 is 22.7 Å². The lowest BCUT2D eigenvalue weighted by Crippen LogP contribution is -2.47. The molecule has 0 saturated carbocycles. The maximum atomic E-state index is 13.0. The van der Waals surface area contributed by atoms with E-state index in [9.17, 15) is 18.0 Å². The summed E-state index contributed by atoms with van der Waals surface area (Å²) in [7, 11) is -3.66. The van der Waals surface area contributed by atoms with Crippen LogP contribution in [0.25, 0.3) is 0 Å². The summed E-state index contributed by atoms with van der Waals surface area (Å²) in [5.74, 6) is -0.532. The number of fused-ring (bicyclic) bond motifs is 1. The summed E-state index contributed by atoms with van der Waals surface area (Å²) >= 11 is 1.65. The van der Waals surface area contributed by atoms with E-state index in [0.717, 1.165) is 10.5 Å². The van der Waals surface area contributed by atoms with Crippen LogP contribution < -0.4 is 10.2 Å². The molecule has 10 heteroatoms. The van der Waals surface area contributed by atoms with Gasteiger partial charge in [0.05, 0.1) is 18.1 Å². The highest BCUT2D eigenvalue weighted by molar-refractivity contribution is 7.98. The first-order valence-corrected chi connectivity index (χ1v) is 13.4. The number of anilines is 1. The second kappa shape index (κ2) is 9.84. The highest BCUT2D eigenvalue weighted by Crippen LogP contribution is 2.35. The number of benzene rings is 2. The fraction of sp³-hybridized carbons (Fsp3) is 0.391. The van der Waals surface area contributed by atoms with Gasteiger partial charge >= 0.3 is 0 Å². The lowest BCUT2D eigenvalue weighted by molar-refractivity contribution is -0.125. The molecule has 1 atom stereocenters. The molecule has 2 amide bonds. The molecule has 4 rings (SSSR count). The third-order valence-electron chi connectivity index (χ3n) is 5.91. The molecular formula is C23H27N3O5S2. The van der Waals surface area contributed by atoms with Crippen molar-refractivity contribution in [3.63, 3.8) is 0 Å². The summed E-state index contributed by atoms with van der Waals surface area (Å²) in [5, 5.41) is 2.91. The van der Waals surface area contributed by atoms with Crippen molar-refractivity contribution >= 4 is 39.3 Å². The number of rotatable bonds is 6. The van der Waals surface area contributed by atoms with Gasteiger partial charge in [0, 0.05) is 43.6 Å². The quantitative estimate of drug-likeness (QED) is 0.624. The van der Waals surface area contributed by atoms with Crippen LogP contribution in [0.15, 0.2) is 52.3 Å². The largest absolute Gasteiger partial charge is 0.379 e. The molecule has 0 aliphatic carbocycles. The third-order valence-corrected chi connectivity index (χ3v) is 8.55. The van der Waals surface area contributed by atoms with Crippen molar-refractivity contribution in [3.05, 3.63) is 53.6 Å². The Balaban J connectivity index is 1.52. The summed E-state index contributed by atoms with van der Waals surface area (Å²) < 4.78 is 32.7. The Kier molecular flexibility index (Phi) is 7.08. The van der Waals surface area contributed by atoms with E-state index in [4.69, 9.17) is 4.74 Å². The standard InChI is InChI=1S/C23H27N3O5S2/c1-16(27)26-21-8-7-20(33(29,30)25-9-11-31-12-10-25)13-18(21)14-22(26)23(28)24-15-17-3-5-19(32-2)6-4-17/h3-8,13,22H,9-12,14-15H2,1-2H3,(H,24,28)/t22-/m1/s1. The number of carbonyl (C=O) groups excluding carboxylic acids is 2. The van der Waals surface area contributed by atoms with Crippen molar-refractivity contribution in [2.45, 2.75) is 35.7 Å². The zero-order valence-electron chi connectivity index (χ0n) is 18.6. The number of thioether (sulfide) groups is 1. The summed E-state index contributed by atoms with van der Waals surface area (Å²) in [6, 6.07) is 11.9.